The maximum absolute atomic E-state index is 5.92. The number of aromatic nitrogens is 4. The first-order chi connectivity index (χ1) is 9.14. The molecule has 3 atom stereocenters. The summed E-state index contributed by atoms with van der Waals surface area (Å²) in [5.74, 6) is 1.13. The van der Waals surface area contributed by atoms with E-state index >= 15 is 0 Å². The van der Waals surface area contributed by atoms with E-state index in [-0.39, 0.29) is 5.28 Å². The Hall–Kier alpha value is -1.36. The number of imidazole rings is 1. The third-order valence-electron chi connectivity index (χ3n) is 5.14. The number of anilines is 1. The second-order valence-electron chi connectivity index (χ2n) is 5.83. The molecule has 4 rings (SSSR count). The van der Waals surface area contributed by atoms with Gasteiger partial charge in [-0.3, -0.25) is 0 Å². The fourth-order valence-electron chi connectivity index (χ4n) is 3.92. The van der Waals surface area contributed by atoms with Gasteiger partial charge in [-0.1, -0.05) is 13.3 Å². The third-order valence-corrected chi connectivity index (χ3v) is 5.31. The van der Waals surface area contributed by atoms with Crippen molar-refractivity contribution in [2.45, 2.75) is 38.6 Å². The van der Waals surface area contributed by atoms with Gasteiger partial charge in [-0.25, -0.2) is 4.98 Å². The number of hydrogen-bond donors (Lipinski definition) is 1. The number of nitrogen functional groups attached to an aromatic ring is 1. The Morgan fingerprint density at radius 3 is 3.05 bits per heavy atom. The fraction of sp³-hybridized carbons (Fsp3) is 0.615. The maximum atomic E-state index is 5.92. The van der Waals surface area contributed by atoms with Crippen molar-refractivity contribution in [3.8, 4) is 0 Å². The summed E-state index contributed by atoms with van der Waals surface area (Å²) in [6.45, 7) is 2.30. The molecule has 0 radical (unpaired) electrons. The monoisotopic (exact) mass is 277 g/mol. The van der Waals surface area contributed by atoms with Crippen LogP contribution in [-0.2, 0) is 0 Å². The van der Waals surface area contributed by atoms with Crippen LogP contribution in [0.15, 0.2) is 6.33 Å². The normalized spacial score (nSPS) is 32.7. The predicted molar refractivity (Wildman–Crippen MR) is 73.8 cm³/mol. The Labute approximate surface area is 116 Å². The van der Waals surface area contributed by atoms with Crippen molar-refractivity contribution < 1.29 is 0 Å². The molecule has 2 fully saturated rings. The van der Waals surface area contributed by atoms with E-state index in [0.29, 0.717) is 22.8 Å². The SMILES string of the molecule is CC[C@]12CC[C@H](n3cnc4c(N)nc(Cl)nc43)C1C2. The van der Waals surface area contributed by atoms with Crippen molar-refractivity contribution in [1.29, 1.82) is 0 Å². The lowest BCUT2D eigenvalue weighted by atomic mass is 10.0. The van der Waals surface area contributed by atoms with Gasteiger partial charge in [0.05, 0.1) is 6.33 Å². The van der Waals surface area contributed by atoms with E-state index in [0.717, 1.165) is 11.6 Å². The summed E-state index contributed by atoms with van der Waals surface area (Å²) in [6, 6.07) is 0.496. The molecule has 2 N–H and O–H groups in total. The molecule has 2 aromatic heterocycles. The van der Waals surface area contributed by atoms with Gasteiger partial charge < -0.3 is 10.3 Å². The molecule has 2 heterocycles. The molecule has 0 saturated heterocycles. The summed E-state index contributed by atoms with van der Waals surface area (Å²) in [6.07, 6.45) is 6.97. The van der Waals surface area contributed by atoms with E-state index in [1.54, 1.807) is 0 Å². The van der Waals surface area contributed by atoms with Crippen LogP contribution in [0.3, 0.4) is 0 Å². The quantitative estimate of drug-likeness (QED) is 0.857. The van der Waals surface area contributed by atoms with E-state index < -0.39 is 0 Å². The Morgan fingerprint density at radius 2 is 2.37 bits per heavy atom. The summed E-state index contributed by atoms with van der Waals surface area (Å²) in [7, 11) is 0. The Balaban J connectivity index is 1.81. The van der Waals surface area contributed by atoms with Crippen LogP contribution in [-0.4, -0.2) is 19.5 Å². The van der Waals surface area contributed by atoms with Crippen molar-refractivity contribution in [2.75, 3.05) is 5.73 Å². The first-order valence-electron chi connectivity index (χ1n) is 6.80. The van der Waals surface area contributed by atoms with Crippen LogP contribution < -0.4 is 5.73 Å². The molecule has 5 nitrogen and oxygen atoms in total. The van der Waals surface area contributed by atoms with E-state index in [2.05, 4.69) is 26.4 Å². The molecule has 2 saturated carbocycles. The second-order valence-corrected chi connectivity index (χ2v) is 6.17. The van der Waals surface area contributed by atoms with Crippen molar-refractivity contribution >= 4 is 28.6 Å². The van der Waals surface area contributed by atoms with Gasteiger partial charge in [0.25, 0.3) is 0 Å². The first-order valence-corrected chi connectivity index (χ1v) is 7.18. The molecule has 0 amide bonds. The standard InChI is InChI=1S/C13H16ClN5/c1-2-13-4-3-8(7(13)5-13)19-6-16-9-10(15)17-12(14)18-11(9)19/h6-8H,2-5H2,1H3,(H2,15,17,18)/t7?,8-,13+/m0/s1. The molecule has 2 aliphatic carbocycles. The predicted octanol–water partition coefficient (Wildman–Crippen LogP) is 2.81. The fourth-order valence-corrected chi connectivity index (χ4v) is 4.09. The van der Waals surface area contributed by atoms with Crippen molar-refractivity contribution in [3.63, 3.8) is 0 Å². The highest BCUT2D eigenvalue weighted by molar-refractivity contribution is 6.28. The summed E-state index contributed by atoms with van der Waals surface area (Å²) in [5, 5.41) is 0.197. The van der Waals surface area contributed by atoms with Gasteiger partial charge in [-0.05, 0) is 42.2 Å². The summed E-state index contributed by atoms with van der Waals surface area (Å²) >= 11 is 5.92. The lowest BCUT2D eigenvalue weighted by molar-refractivity contribution is 0.458. The maximum Gasteiger partial charge on any atom is 0.226 e. The zero-order chi connectivity index (χ0) is 13.2. The van der Waals surface area contributed by atoms with E-state index in [1.165, 1.54) is 25.7 Å². The van der Waals surface area contributed by atoms with Gasteiger partial charge in [-0.15, -0.1) is 0 Å². The molecule has 0 aliphatic heterocycles. The summed E-state index contributed by atoms with van der Waals surface area (Å²) in [4.78, 5) is 12.6. The molecule has 1 unspecified atom stereocenters. The van der Waals surface area contributed by atoms with Crippen LogP contribution in [0.5, 0.6) is 0 Å². The van der Waals surface area contributed by atoms with Crippen LogP contribution in [0.4, 0.5) is 5.82 Å². The van der Waals surface area contributed by atoms with E-state index in [1.807, 2.05) is 6.33 Å². The van der Waals surface area contributed by atoms with Gasteiger partial charge in [0.2, 0.25) is 5.28 Å². The highest BCUT2D eigenvalue weighted by atomic mass is 35.5. The molecule has 100 valence electrons. The van der Waals surface area contributed by atoms with Crippen LogP contribution in [0.2, 0.25) is 5.28 Å². The molecule has 0 aromatic carbocycles. The average Bonchev–Trinajstić information content (AvgIpc) is 2.76. The summed E-state index contributed by atoms with van der Waals surface area (Å²) in [5.41, 5.74) is 7.89. The lowest BCUT2D eigenvalue weighted by Gasteiger charge is -2.14. The number of nitrogens with two attached hydrogens (primary N) is 1. The van der Waals surface area contributed by atoms with Gasteiger partial charge in [0, 0.05) is 6.04 Å². The lowest BCUT2D eigenvalue weighted by Crippen LogP contribution is -2.08. The molecule has 2 aliphatic rings. The van der Waals surface area contributed by atoms with Gasteiger partial charge >= 0.3 is 0 Å². The molecule has 0 bridgehead atoms. The minimum atomic E-state index is 0.197. The Kier molecular flexibility index (Phi) is 2.17. The highest BCUT2D eigenvalue weighted by Crippen LogP contribution is 2.69. The van der Waals surface area contributed by atoms with E-state index in [4.69, 9.17) is 17.3 Å². The second kappa shape index (κ2) is 3.60. The van der Waals surface area contributed by atoms with Gasteiger partial charge in [0.15, 0.2) is 11.5 Å². The highest BCUT2D eigenvalue weighted by Gasteiger charge is 2.60. The number of rotatable bonds is 2. The topological polar surface area (TPSA) is 69.6 Å². The number of fused-ring (bicyclic) bond motifs is 2. The molecular weight excluding hydrogens is 262 g/mol. The van der Waals surface area contributed by atoms with Crippen LogP contribution in [0, 0.1) is 11.3 Å². The number of halogens is 1. The van der Waals surface area contributed by atoms with Gasteiger partial charge in [0.1, 0.15) is 5.52 Å². The minimum Gasteiger partial charge on any atom is -0.382 e. The largest absolute Gasteiger partial charge is 0.382 e. The van der Waals surface area contributed by atoms with Crippen LogP contribution in [0.1, 0.15) is 38.6 Å². The molecule has 2 aromatic rings. The first kappa shape index (κ1) is 11.5. The van der Waals surface area contributed by atoms with E-state index in [9.17, 15) is 0 Å². The smallest absolute Gasteiger partial charge is 0.226 e. The summed E-state index contributed by atoms with van der Waals surface area (Å²) < 4.78 is 2.16. The zero-order valence-corrected chi connectivity index (χ0v) is 11.6. The zero-order valence-electron chi connectivity index (χ0n) is 10.8. The minimum absolute atomic E-state index is 0.197. The molecule has 6 heteroatoms. The van der Waals surface area contributed by atoms with Crippen molar-refractivity contribution in [3.05, 3.63) is 11.6 Å². The molecule has 0 spiro atoms. The van der Waals surface area contributed by atoms with Crippen LogP contribution in [0.25, 0.3) is 11.2 Å². The Bertz CT molecular complexity index is 666. The average molecular weight is 278 g/mol. The Morgan fingerprint density at radius 1 is 1.53 bits per heavy atom. The number of hydrogen-bond acceptors (Lipinski definition) is 4. The van der Waals surface area contributed by atoms with Crippen LogP contribution >= 0.6 is 11.6 Å². The molecule has 19 heavy (non-hydrogen) atoms. The molecular formula is C13H16ClN5. The van der Waals surface area contributed by atoms with Crippen molar-refractivity contribution in [1.82, 2.24) is 19.5 Å². The number of nitrogens with zero attached hydrogens (tertiary/aromatic N) is 4. The third kappa shape index (κ3) is 1.45. The van der Waals surface area contributed by atoms with Crippen molar-refractivity contribution in [2.24, 2.45) is 11.3 Å². The van der Waals surface area contributed by atoms with Gasteiger partial charge in [-0.2, -0.15) is 9.97 Å².